The summed E-state index contributed by atoms with van der Waals surface area (Å²) < 4.78 is 10.7. The van der Waals surface area contributed by atoms with Gasteiger partial charge in [-0.25, -0.2) is 4.98 Å². The minimum Gasteiger partial charge on any atom is -0.454 e. The van der Waals surface area contributed by atoms with Gasteiger partial charge in [0.25, 0.3) is 0 Å². The van der Waals surface area contributed by atoms with Crippen LogP contribution in [0.1, 0.15) is 11.3 Å². The molecule has 0 fully saturated rings. The van der Waals surface area contributed by atoms with E-state index in [9.17, 15) is 0 Å². The molecule has 0 amide bonds. The predicted octanol–water partition coefficient (Wildman–Crippen LogP) is 3.91. The molecule has 1 aliphatic heterocycles. The molecule has 0 atom stereocenters. The molecule has 26 heavy (non-hydrogen) atoms. The summed E-state index contributed by atoms with van der Waals surface area (Å²) in [4.78, 5) is 9.00. The number of anilines is 3. The molecule has 2 aromatic carbocycles. The summed E-state index contributed by atoms with van der Waals surface area (Å²) in [5.41, 5.74) is 3.05. The average Bonchev–Trinajstić information content (AvgIpc) is 3.10. The van der Waals surface area contributed by atoms with Gasteiger partial charge in [-0.2, -0.15) is 4.98 Å². The van der Waals surface area contributed by atoms with Gasteiger partial charge in [-0.3, -0.25) is 0 Å². The highest BCUT2D eigenvalue weighted by molar-refractivity contribution is 5.61. The lowest BCUT2D eigenvalue weighted by atomic mass is 10.1. The molecule has 4 rings (SSSR count). The fourth-order valence-corrected chi connectivity index (χ4v) is 2.80. The van der Waals surface area contributed by atoms with Crippen LogP contribution in [-0.2, 0) is 6.42 Å². The number of nitrogens with zero attached hydrogens (tertiary/aromatic N) is 2. The molecular weight excluding hydrogens is 328 g/mol. The minimum absolute atomic E-state index is 0.259. The van der Waals surface area contributed by atoms with Gasteiger partial charge in [0.1, 0.15) is 5.82 Å². The predicted molar refractivity (Wildman–Crippen MR) is 101 cm³/mol. The van der Waals surface area contributed by atoms with E-state index in [1.807, 2.05) is 37.3 Å². The van der Waals surface area contributed by atoms with Gasteiger partial charge in [-0.15, -0.1) is 0 Å². The zero-order valence-electron chi connectivity index (χ0n) is 14.5. The van der Waals surface area contributed by atoms with Crippen molar-refractivity contribution < 1.29 is 9.47 Å². The van der Waals surface area contributed by atoms with Crippen molar-refractivity contribution in [2.75, 3.05) is 24.0 Å². The third kappa shape index (κ3) is 3.85. The SMILES string of the molecule is Cc1cc(NCCc2ccccc2)nc(Nc2ccc3c(c2)OCO3)n1. The number of aryl methyl sites for hydroxylation is 1. The number of nitrogens with one attached hydrogen (secondary N) is 2. The zero-order valence-corrected chi connectivity index (χ0v) is 14.5. The van der Waals surface area contributed by atoms with Crippen LogP contribution in [-0.4, -0.2) is 23.3 Å². The number of rotatable bonds is 6. The molecule has 0 spiro atoms. The molecule has 132 valence electrons. The molecule has 0 saturated carbocycles. The third-order valence-corrected chi connectivity index (χ3v) is 4.05. The fourth-order valence-electron chi connectivity index (χ4n) is 2.80. The van der Waals surface area contributed by atoms with Crippen LogP contribution >= 0.6 is 0 Å². The smallest absolute Gasteiger partial charge is 0.231 e. The van der Waals surface area contributed by atoms with Gasteiger partial charge >= 0.3 is 0 Å². The number of hydrogen-bond acceptors (Lipinski definition) is 6. The first-order chi connectivity index (χ1) is 12.8. The summed E-state index contributed by atoms with van der Waals surface area (Å²) in [6, 6.07) is 18.0. The van der Waals surface area contributed by atoms with Crippen molar-refractivity contribution in [1.29, 1.82) is 0 Å². The largest absolute Gasteiger partial charge is 0.454 e. The van der Waals surface area contributed by atoms with Gasteiger partial charge in [0.2, 0.25) is 12.7 Å². The van der Waals surface area contributed by atoms with Crippen LogP contribution < -0.4 is 20.1 Å². The lowest BCUT2D eigenvalue weighted by molar-refractivity contribution is 0.174. The molecule has 2 N–H and O–H groups in total. The Morgan fingerprint density at radius 3 is 2.69 bits per heavy atom. The molecule has 0 bridgehead atoms. The van der Waals surface area contributed by atoms with Crippen LogP contribution in [0, 0.1) is 6.92 Å². The highest BCUT2D eigenvalue weighted by atomic mass is 16.7. The monoisotopic (exact) mass is 348 g/mol. The van der Waals surface area contributed by atoms with Crippen molar-refractivity contribution in [1.82, 2.24) is 9.97 Å². The summed E-state index contributed by atoms with van der Waals surface area (Å²) in [6.45, 7) is 3.02. The van der Waals surface area contributed by atoms with Crippen molar-refractivity contribution in [3.8, 4) is 11.5 Å². The van der Waals surface area contributed by atoms with Gasteiger partial charge in [-0.1, -0.05) is 30.3 Å². The second-order valence-corrected chi connectivity index (χ2v) is 6.07. The Hall–Kier alpha value is -3.28. The van der Waals surface area contributed by atoms with Crippen LogP contribution in [0.5, 0.6) is 11.5 Å². The lowest BCUT2D eigenvalue weighted by Gasteiger charge is -2.10. The van der Waals surface area contributed by atoms with Gasteiger partial charge in [-0.05, 0) is 31.0 Å². The molecule has 6 heteroatoms. The molecule has 0 unspecified atom stereocenters. The van der Waals surface area contributed by atoms with E-state index in [-0.39, 0.29) is 6.79 Å². The Balaban J connectivity index is 1.42. The summed E-state index contributed by atoms with van der Waals surface area (Å²) >= 11 is 0. The van der Waals surface area contributed by atoms with Crippen molar-refractivity contribution >= 4 is 17.5 Å². The maximum absolute atomic E-state index is 5.40. The van der Waals surface area contributed by atoms with Gasteiger partial charge in [0.15, 0.2) is 11.5 Å². The molecule has 1 aliphatic rings. The van der Waals surface area contributed by atoms with E-state index in [1.54, 1.807) is 0 Å². The van der Waals surface area contributed by atoms with Crippen molar-refractivity contribution in [3.63, 3.8) is 0 Å². The van der Waals surface area contributed by atoms with Crippen LogP contribution in [0.15, 0.2) is 54.6 Å². The number of benzene rings is 2. The molecule has 0 saturated heterocycles. The first kappa shape index (κ1) is 16.2. The zero-order chi connectivity index (χ0) is 17.8. The second-order valence-electron chi connectivity index (χ2n) is 6.07. The highest BCUT2D eigenvalue weighted by Crippen LogP contribution is 2.34. The van der Waals surface area contributed by atoms with E-state index in [4.69, 9.17) is 9.47 Å². The number of ether oxygens (including phenoxy) is 2. The van der Waals surface area contributed by atoms with Crippen LogP contribution in [0.3, 0.4) is 0 Å². The standard InChI is InChI=1S/C20H20N4O2/c1-14-11-19(21-10-9-15-5-3-2-4-6-15)24-20(22-14)23-16-7-8-17-18(12-16)26-13-25-17/h2-8,11-12H,9-10,13H2,1H3,(H2,21,22,23,24). The second kappa shape index (κ2) is 7.31. The number of aromatic nitrogens is 2. The summed E-state index contributed by atoms with van der Waals surface area (Å²) in [7, 11) is 0. The van der Waals surface area contributed by atoms with E-state index in [2.05, 4.69) is 44.9 Å². The fraction of sp³-hybridized carbons (Fsp3) is 0.200. The Morgan fingerprint density at radius 2 is 1.81 bits per heavy atom. The van der Waals surface area contributed by atoms with E-state index >= 15 is 0 Å². The van der Waals surface area contributed by atoms with Crippen LogP contribution in [0.2, 0.25) is 0 Å². The molecule has 2 heterocycles. The van der Waals surface area contributed by atoms with Crippen molar-refractivity contribution in [2.45, 2.75) is 13.3 Å². The number of hydrogen-bond donors (Lipinski definition) is 2. The minimum atomic E-state index is 0.259. The Labute approximate surface area is 152 Å². The van der Waals surface area contributed by atoms with E-state index in [1.165, 1.54) is 5.56 Å². The lowest BCUT2D eigenvalue weighted by Crippen LogP contribution is -2.08. The van der Waals surface area contributed by atoms with E-state index in [0.717, 1.165) is 41.7 Å². The van der Waals surface area contributed by atoms with Crippen molar-refractivity contribution in [2.24, 2.45) is 0 Å². The molecular formula is C20H20N4O2. The van der Waals surface area contributed by atoms with Gasteiger partial charge < -0.3 is 20.1 Å². The Morgan fingerprint density at radius 1 is 0.962 bits per heavy atom. The molecule has 6 nitrogen and oxygen atoms in total. The van der Waals surface area contributed by atoms with Crippen LogP contribution in [0.4, 0.5) is 17.5 Å². The topological polar surface area (TPSA) is 68.3 Å². The summed E-state index contributed by atoms with van der Waals surface area (Å²) in [5.74, 6) is 2.83. The van der Waals surface area contributed by atoms with Gasteiger partial charge in [0, 0.05) is 30.1 Å². The highest BCUT2D eigenvalue weighted by Gasteiger charge is 2.13. The first-order valence-electron chi connectivity index (χ1n) is 8.56. The molecule has 0 aliphatic carbocycles. The summed E-state index contributed by atoms with van der Waals surface area (Å²) in [6.07, 6.45) is 0.939. The maximum atomic E-state index is 5.40. The maximum Gasteiger partial charge on any atom is 0.231 e. The summed E-state index contributed by atoms with van der Waals surface area (Å²) in [5, 5.41) is 6.59. The molecule has 1 aromatic heterocycles. The molecule has 3 aromatic rings. The van der Waals surface area contributed by atoms with Crippen molar-refractivity contribution in [3.05, 3.63) is 65.9 Å². The first-order valence-corrected chi connectivity index (χ1v) is 8.56. The quantitative estimate of drug-likeness (QED) is 0.704. The van der Waals surface area contributed by atoms with Crippen LogP contribution in [0.25, 0.3) is 0 Å². The molecule has 0 radical (unpaired) electrons. The van der Waals surface area contributed by atoms with E-state index in [0.29, 0.717) is 5.95 Å². The Bertz CT molecular complexity index is 900. The van der Waals surface area contributed by atoms with E-state index < -0.39 is 0 Å². The Kier molecular flexibility index (Phi) is 4.55. The van der Waals surface area contributed by atoms with Gasteiger partial charge in [0.05, 0.1) is 0 Å². The third-order valence-electron chi connectivity index (χ3n) is 4.05. The average molecular weight is 348 g/mol. The number of fused-ring (bicyclic) bond motifs is 1. The normalized spacial score (nSPS) is 12.0.